The summed E-state index contributed by atoms with van der Waals surface area (Å²) in [7, 11) is 1.81. The first-order valence-electron chi connectivity index (χ1n) is 10.5. The van der Waals surface area contributed by atoms with E-state index in [-0.39, 0.29) is 35.8 Å². The minimum absolute atomic E-state index is 0. The van der Waals surface area contributed by atoms with Crippen LogP contribution in [0.15, 0.2) is 23.3 Å². The number of halogens is 1. The molecule has 1 aromatic heterocycles. The van der Waals surface area contributed by atoms with Gasteiger partial charge < -0.3 is 21.3 Å². The van der Waals surface area contributed by atoms with E-state index >= 15 is 0 Å². The number of nitrogens with one attached hydrogen (secondary N) is 2. The second kappa shape index (κ2) is 11.0. The average Bonchev–Trinajstić information content (AvgIpc) is 2.70. The molecule has 7 nitrogen and oxygen atoms in total. The molecule has 2 heterocycles. The van der Waals surface area contributed by atoms with Crippen LogP contribution in [0.2, 0.25) is 0 Å². The van der Waals surface area contributed by atoms with Crippen molar-refractivity contribution in [3.63, 3.8) is 0 Å². The number of guanidine groups is 1. The van der Waals surface area contributed by atoms with E-state index in [9.17, 15) is 4.79 Å². The maximum absolute atomic E-state index is 11.6. The molecule has 0 spiro atoms. The molecule has 1 amide bonds. The fraction of sp³-hybridized carbons (Fsp3) is 0.667. The van der Waals surface area contributed by atoms with Gasteiger partial charge in [0, 0.05) is 45.0 Å². The van der Waals surface area contributed by atoms with E-state index in [4.69, 9.17) is 5.73 Å². The maximum Gasteiger partial charge on any atom is 0.222 e. The number of nitrogens with two attached hydrogens (primary N) is 1. The predicted molar refractivity (Wildman–Crippen MR) is 129 cm³/mol. The topological polar surface area (TPSA) is 95.6 Å². The molecule has 3 rings (SSSR count). The zero-order valence-corrected chi connectivity index (χ0v) is 19.9. The van der Waals surface area contributed by atoms with Crippen LogP contribution < -0.4 is 21.3 Å². The third-order valence-electron chi connectivity index (χ3n) is 6.46. The molecule has 2 fully saturated rings. The summed E-state index contributed by atoms with van der Waals surface area (Å²) in [6.45, 7) is 5.43. The van der Waals surface area contributed by atoms with Gasteiger partial charge >= 0.3 is 0 Å². The fourth-order valence-electron chi connectivity index (χ4n) is 4.26. The summed E-state index contributed by atoms with van der Waals surface area (Å²) in [6.07, 6.45) is 8.78. The molecule has 162 valence electrons. The van der Waals surface area contributed by atoms with Crippen molar-refractivity contribution in [3.05, 3.63) is 23.9 Å². The van der Waals surface area contributed by atoms with Crippen molar-refractivity contribution in [3.8, 4) is 0 Å². The molecular weight excluding hydrogens is 479 g/mol. The Morgan fingerprint density at radius 3 is 2.79 bits per heavy atom. The van der Waals surface area contributed by atoms with Crippen molar-refractivity contribution in [2.24, 2.45) is 22.1 Å². The Balaban J connectivity index is 0.00000300. The smallest absolute Gasteiger partial charge is 0.222 e. The van der Waals surface area contributed by atoms with Gasteiger partial charge in [-0.3, -0.25) is 9.79 Å². The minimum Gasteiger partial charge on any atom is -0.369 e. The van der Waals surface area contributed by atoms with Crippen LogP contribution in [-0.4, -0.2) is 43.5 Å². The number of primary amides is 1. The number of carbonyl (C=O) groups excluding carboxylic acids is 1. The van der Waals surface area contributed by atoms with Gasteiger partial charge in [0.2, 0.25) is 5.91 Å². The van der Waals surface area contributed by atoms with Crippen LogP contribution >= 0.6 is 24.0 Å². The van der Waals surface area contributed by atoms with E-state index in [1.165, 1.54) is 25.7 Å². The summed E-state index contributed by atoms with van der Waals surface area (Å²) >= 11 is 0. The van der Waals surface area contributed by atoms with Gasteiger partial charge in [-0.15, -0.1) is 24.0 Å². The molecule has 1 unspecified atom stereocenters. The Kier molecular flexibility index (Phi) is 8.98. The van der Waals surface area contributed by atoms with Crippen molar-refractivity contribution in [1.82, 2.24) is 15.6 Å². The Hall–Kier alpha value is -1.58. The number of piperidine rings is 1. The van der Waals surface area contributed by atoms with Gasteiger partial charge in [-0.25, -0.2) is 4.98 Å². The first-order chi connectivity index (χ1) is 13.6. The lowest BCUT2D eigenvalue weighted by molar-refractivity contribution is -0.122. The van der Waals surface area contributed by atoms with Crippen LogP contribution in [0.25, 0.3) is 0 Å². The summed E-state index contributed by atoms with van der Waals surface area (Å²) in [5.74, 6) is 1.44. The highest BCUT2D eigenvalue weighted by Crippen LogP contribution is 2.43. The number of aliphatic imine (C=N–C) groups is 1. The van der Waals surface area contributed by atoms with Gasteiger partial charge in [0.15, 0.2) is 5.96 Å². The molecule has 1 aromatic rings. The van der Waals surface area contributed by atoms with Crippen molar-refractivity contribution < 1.29 is 4.79 Å². The molecule has 1 saturated carbocycles. The first-order valence-corrected chi connectivity index (χ1v) is 10.5. The Bertz CT molecular complexity index is 701. The average molecular weight is 514 g/mol. The van der Waals surface area contributed by atoms with Crippen LogP contribution in [0.5, 0.6) is 0 Å². The van der Waals surface area contributed by atoms with Crippen molar-refractivity contribution in [2.45, 2.75) is 52.0 Å². The van der Waals surface area contributed by atoms with E-state index in [0.717, 1.165) is 43.3 Å². The van der Waals surface area contributed by atoms with Crippen molar-refractivity contribution in [1.29, 1.82) is 0 Å². The largest absolute Gasteiger partial charge is 0.369 e. The highest BCUT2D eigenvalue weighted by Gasteiger charge is 2.35. The highest BCUT2D eigenvalue weighted by molar-refractivity contribution is 14.0. The van der Waals surface area contributed by atoms with Gasteiger partial charge in [0.1, 0.15) is 5.82 Å². The molecular formula is C21H35IN6O. The zero-order valence-electron chi connectivity index (χ0n) is 17.6. The normalized spacial score (nSPS) is 21.0. The minimum atomic E-state index is -0.217. The molecule has 1 aliphatic carbocycles. The van der Waals surface area contributed by atoms with Crippen LogP contribution in [0, 0.1) is 11.3 Å². The number of pyridine rings is 1. The number of anilines is 1. The third kappa shape index (κ3) is 5.96. The van der Waals surface area contributed by atoms with E-state index < -0.39 is 0 Å². The van der Waals surface area contributed by atoms with E-state index in [1.54, 1.807) is 13.2 Å². The zero-order chi connectivity index (χ0) is 20.0. The van der Waals surface area contributed by atoms with E-state index in [2.05, 4.69) is 38.5 Å². The van der Waals surface area contributed by atoms with Crippen LogP contribution in [-0.2, 0) is 11.3 Å². The lowest BCUT2D eigenvalue weighted by Gasteiger charge is -2.41. The van der Waals surface area contributed by atoms with Crippen molar-refractivity contribution >= 4 is 41.7 Å². The second-order valence-electron chi connectivity index (χ2n) is 8.16. The molecule has 0 radical (unpaired) electrons. The number of hydrogen-bond donors (Lipinski definition) is 3. The number of carbonyl (C=O) groups is 1. The van der Waals surface area contributed by atoms with Crippen LogP contribution in [0.4, 0.5) is 5.82 Å². The van der Waals surface area contributed by atoms with Crippen LogP contribution in [0.1, 0.15) is 51.0 Å². The molecule has 0 aromatic carbocycles. The molecule has 1 atom stereocenters. The molecule has 8 heteroatoms. The molecule has 2 aliphatic rings. The summed E-state index contributed by atoms with van der Waals surface area (Å²) in [6, 6.07) is 4.03. The molecule has 4 N–H and O–H groups in total. The summed E-state index contributed by atoms with van der Waals surface area (Å²) in [5.41, 5.74) is 7.08. The van der Waals surface area contributed by atoms with Crippen LogP contribution in [0.3, 0.4) is 0 Å². The number of aromatic nitrogens is 1. The number of hydrogen-bond acceptors (Lipinski definition) is 4. The van der Waals surface area contributed by atoms with E-state index in [0.29, 0.717) is 18.5 Å². The van der Waals surface area contributed by atoms with Gasteiger partial charge in [0.05, 0.1) is 5.92 Å². The summed E-state index contributed by atoms with van der Waals surface area (Å²) < 4.78 is 0. The summed E-state index contributed by atoms with van der Waals surface area (Å²) in [4.78, 5) is 22.8. The molecule has 29 heavy (non-hydrogen) atoms. The number of amides is 1. The fourth-order valence-corrected chi connectivity index (χ4v) is 4.26. The molecule has 1 saturated heterocycles. The van der Waals surface area contributed by atoms with E-state index in [1.807, 2.05) is 6.07 Å². The van der Waals surface area contributed by atoms with Gasteiger partial charge in [-0.05, 0) is 43.6 Å². The Labute approximate surface area is 191 Å². The molecule has 1 aliphatic heterocycles. The van der Waals surface area contributed by atoms with Gasteiger partial charge in [0.25, 0.3) is 0 Å². The standard InChI is InChI=1S/C21H34N6O.HI/c1-3-21(9-6-10-21)15-26-20(23-2)25-13-16-7-4-11-24-19(16)27-12-5-8-17(14-27)18(22)28;/h4,7,11,17H,3,5-6,8-10,12-15H2,1-2H3,(H2,22,28)(H2,23,25,26);1H. The lowest BCUT2D eigenvalue weighted by atomic mass is 9.67. The maximum atomic E-state index is 11.6. The summed E-state index contributed by atoms with van der Waals surface area (Å²) in [5, 5.41) is 6.92. The number of rotatable bonds is 7. The quantitative estimate of drug-likeness (QED) is 0.296. The highest BCUT2D eigenvalue weighted by atomic mass is 127. The van der Waals surface area contributed by atoms with Gasteiger partial charge in [-0.1, -0.05) is 19.4 Å². The Morgan fingerprint density at radius 1 is 1.38 bits per heavy atom. The predicted octanol–water partition coefficient (Wildman–Crippen LogP) is 2.65. The third-order valence-corrected chi connectivity index (χ3v) is 6.46. The Morgan fingerprint density at radius 2 is 2.17 bits per heavy atom. The SMILES string of the molecule is CCC1(CNC(=NC)NCc2cccnc2N2CCCC(C(N)=O)C2)CCC1.I. The van der Waals surface area contributed by atoms with Gasteiger partial charge in [-0.2, -0.15) is 0 Å². The monoisotopic (exact) mass is 514 g/mol. The molecule has 0 bridgehead atoms. The first kappa shape index (κ1) is 23.7. The van der Waals surface area contributed by atoms with Crippen molar-refractivity contribution in [2.75, 3.05) is 31.6 Å². The number of nitrogens with zero attached hydrogens (tertiary/aromatic N) is 3. The lowest BCUT2D eigenvalue weighted by Crippen LogP contribution is -2.46. The second-order valence-corrected chi connectivity index (χ2v) is 8.16.